The van der Waals surface area contributed by atoms with Crippen molar-refractivity contribution in [2.24, 2.45) is 4.99 Å². The van der Waals surface area contributed by atoms with E-state index in [1.165, 1.54) is 36.4 Å². The molecule has 32 heavy (non-hydrogen) atoms. The van der Waals surface area contributed by atoms with Gasteiger partial charge < -0.3 is 0 Å². The Bertz CT molecular complexity index is 1560. The number of Topliss-reactive ketones (excluding diaryl/α,β-unsaturated/α-hetero) is 2. The molecule has 0 amide bonds. The highest BCUT2D eigenvalue weighted by molar-refractivity contribution is 8.00. The van der Waals surface area contributed by atoms with E-state index in [4.69, 9.17) is 5.41 Å². The Balaban J connectivity index is 1.99. The predicted octanol–water partition coefficient (Wildman–Crippen LogP) is 2.67. The van der Waals surface area contributed by atoms with Crippen molar-refractivity contribution in [1.82, 2.24) is 0 Å². The summed E-state index contributed by atoms with van der Waals surface area (Å²) in [6.07, 6.45) is 5.72. The molecule has 1 N–H and O–H groups in total. The lowest BCUT2D eigenvalue weighted by Crippen LogP contribution is -2.21. The number of ketones is 2. The van der Waals surface area contributed by atoms with Gasteiger partial charge in [0.05, 0.1) is 15.5 Å². The molecule has 2 aromatic rings. The Morgan fingerprint density at radius 1 is 0.812 bits per heavy atom. The number of fused-ring (bicyclic) bond motifs is 2. The van der Waals surface area contributed by atoms with Crippen molar-refractivity contribution in [3.05, 3.63) is 70.8 Å². The van der Waals surface area contributed by atoms with Gasteiger partial charge in [-0.25, -0.2) is 21.8 Å². The van der Waals surface area contributed by atoms with E-state index in [0.29, 0.717) is 0 Å². The molecule has 162 valence electrons. The second-order valence-corrected chi connectivity index (χ2v) is 11.4. The topological polar surface area (TPSA) is 139 Å². The first-order valence-corrected chi connectivity index (χ1v) is 13.0. The Hall–Kier alpha value is -3.50. The van der Waals surface area contributed by atoms with E-state index in [1.807, 2.05) is 0 Å². The summed E-state index contributed by atoms with van der Waals surface area (Å²) >= 11 is 0. The van der Waals surface area contributed by atoms with Crippen molar-refractivity contribution >= 4 is 59.3 Å². The first-order chi connectivity index (χ1) is 14.9. The molecule has 0 aromatic heterocycles. The third kappa shape index (κ3) is 3.67. The number of allylic oxidation sites excluding steroid dienone is 2. The molecule has 0 bridgehead atoms. The van der Waals surface area contributed by atoms with Crippen molar-refractivity contribution < 1.29 is 26.4 Å². The molecule has 0 fully saturated rings. The van der Waals surface area contributed by atoms with Crippen LogP contribution < -0.4 is 0 Å². The fraction of sp³-hybridized carbons (Fsp3) is 0.0909. The number of carbonyl (C=O) groups is 2. The molecular formula is C22H16N2O6S2. The van der Waals surface area contributed by atoms with Crippen LogP contribution in [0.1, 0.15) is 31.8 Å². The van der Waals surface area contributed by atoms with Crippen LogP contribution in [0.15, 0.2) is 58.4 Å². The van der Waals surface area contributed by atoms with E-state index < -0.39 is 31.2 Å². The zero-order valence-corrected chi connectivity index (χ0v) is 18.5. The number of hydrogen-bond acceptors (Lipinski definition) is 8. The smallest absolute Gasteiger partial charge is 0.212 e. The number of sulfone groups is 2. The van der Waals surface area contributed by atoms with Crippen molar-refractivity contribution in [2.75, 3.05) is 12.5 Å². The lowest BCUT2D eigenvalue weighted by molar-refractivity contribution is 0.105. The van der Waals surface area contributed by atoms with Gasteiger partial charge in [-0.1, -0.05) is 30.3 Å². The second kappa shape index (κ2) is 7.28. The third-order valence-electron chi connectivity index (χ3n) is 5.02. The Kier molecular flexibility index (Phi) is 4.94. The molecule has 8 nitrogen and oxygen atoms in total. The fourth-order valence-corrected chi connectivity index (χ4v) is 5.38. The Morgan fingerprint density at radius 3 is 2.09 bits per heavy atom. The van der Waals surface area contributed by atoms with Crippen LogP contribution in [0, 0.1) is 5.41 Å². The third-order valence-corrected chi connectivity index (χ3v) is 7.29. The fourth-order valence-electron chi connectivity index (χ4n) is 3.56. The molecule has 0 heterocycles. The van der Waals surface area contributed by atoms with Crippen molar-refractivity contribution in [3.8, 4) is 0 Å². The molecule has 0 spiro atoms. The number of rotatable bonds is 3. The highest BCUT2D eigenvalue weighted by Crippen LogP contribution is 2.33. The van der Waals surface area contributed by atoms with Crippen molar-refractivity contribution in [3.63, 3.8) is 0 Å². The van der Waals surface area contributed by atoms with E-state index in [0.717, 1.165) is 18.6 Å². The minimum Gasteiger partial charge on any atom is -0.297 e. The number of carbonyl (C=O) groups excluding carboxylic acids is 2. The van der Waals surface area contributed by atoms with Crippen LogP contribution >= 0.6 is 0 Å². The average molecular weight is 469 g/mol. The minimum absolute atomic E-state index is 0.0209. The van der Waals surface area contributed by atoms with Gasteiger partial charge in [0, 0.05) is 34.8 Å². The lowest BCUT2D eigenvalue weighted by atomic mass is 9.93. The zero-order valence-electron chi connectivity index (χ0n) is 16.9. The van der Waals surface area contributed by atoms with E-state index in [2.05, 4.69) is 4.99 Å². The summed E-state index contributed by atoms with van der Waals surface area (Å²) in [5.74, 6) is -1.22. The second-order valence-electron chi connectivity index (χ2n) is 7.41. The quantitative estimate of drug-likeness (QED) is 0.735. The maximum Gasteiger partial charge on any atom is 0.212 e. The summed E-state index contributed by atoms with van der Waals surface area (Å²) < 4.78 is 49.3. The van der Waals surface area contributed by atoms with Crippen LogP contribution in [-0.4, -0.2) is 52.3 Å². The molecule has 0 saturated heterocycles. The lowest BCUT2D eigenvalue weighted by Gasteiger charge is -2.18. The number of nitrogens with one attached hydrogen (secondary N) is 1. The summed E-state index contributed by atoms with van der Waals surface area (Å²) in [7, 11) is -7.49. The zero-order chi connectivity index (χ0) is 23.4. The maximum atomic E-state index is 13.0. The maximum absolute atomic E-state index is 13.0. The van der Waals surface area contributed by atoms with Crippen LogP contribution in [-0.2, 0) is 19.7 Å². The molecule has 0 aliphatic heterocycles. The minimum atomic E-state index is -3.78. The Morgan fingerprint density at radius 2 is 1.47 bits per heavy atom. The normalized spacial score (nSPS) is 17.2. The van der Waals surface area contributed by atoms with Gasteiger partial charge in [-0.15, -0.1) is 0 Å². The number of benzene rings is 2. The molecule has 4 rings (SSSR count). The van der Waals surface area contributed by atoms with Crippen LogP contribution in [0.25, 0.3) is 11.0 Å². The van der Waals surface area contributed by atoms with Gasteiger partial charge >= 0.3 is 0 Å². The van der Waals surface area contributed by atoms with Gasteiger partial charge in [0.15, 0.2) is 19.7 Å². The molecule has 2 aliphatic rings. The van der Waals surface area contributed by atoms with Gasteiger partial charge in [-0.05, 0) is 24.3 Å². The van der Waals surface area contributed by atoms with E-state index in [1.54, 1.807) is 12.1 Å². The van der Waals surface area contributed by atoms with Crippen molar-refractivity contribution in [1.29, 1.82) is 5.41 Å². The molecule has 0 radical (unpaired) electrons. The SMILES string of the molecule is CS(=O)(=O)C1=CC(=Nc2cc3c(c(S(C)(=O)=O)c2)C=CC(=N)C3=O)C(=O)c2ccccc21. The standard InChI is InChI=1S/C22H16N2O6S2/c1-31(27,28)19-10-12(9-16-14(19)7-8-17(23)21(16)25)24-18-11-20(32(2,29)30)13-5-3-4-6-15(13)22(18)26/h3-11,23H,1-2H3. The molecule has 2 aliphatic carbocycles. The largest absolute Gasteiger partial charge is 0.297 e. The molecule has 0 unspecified atom stereocenters. The predicted molar refractivity (Wildman–Crippen MR) is 121 cm³/mol. The summed E-state index contributed by atoms with van der Waals surface area (Å²) in [6, 6.07) is 8.72. The van der Waals surface area contributed by atoms with E-state index in [9.17, 15) is 26.4 Å². The van der Waals surface area contributed by atoms with Crippen LogP contribution in [0.4, 0.5) is 5.69 Å². The van der Waals surface area contributed by atoms with Gasteiger partial charge in [-0.3, -0.25) is 15.0 Å². The number of aliphatic imine (C=N–C) groups is 1. The monoisotopic (exact) mass is 468 g/mol. The molecular weight excluding hydrogens is 452 g/mol. The van der Waals surface area contributed by atoms with Gasteiger partial charge in [0.2, 0.25) is 11.6 Å². The number of hydrogen-bond donors (Lipinski definition) is 1. The molecule has 10 heteroatoms. The molecule has 0 saturated carbocycles. The van der Waals surface area contributed by atoms with Gasteiger partial charge in [0.1, 0.15) is 11.4 Å². The highest BCUT2D eigenvalue weighted by Gasteiger charge is 2.30. The van der Waals surface area contributed by atoms with Gasteiger partial charge in [-0.2, -0.15) is 0 Å². The van der Waals surface area contributed by atoms with Crippen LogP contribution in [0.5, 0.6) is 0 Å². The van der Waals surface area contributed by atoms with E-state index in [-0.39, 0.29) is 49.2 Å². The van der Waals surface area contributed by atoms with Gasteiger partial charge in [0.25, 0.3) is 0 Å². The van der Waals surface area contributed by atoms with Crippen LogP contribution in [0.3, 0.4) is 0 Å². The summed E-state index contributed by atoms with van der Waals surface area (Å²) in [5.41, 5.74) is -0.0272. The first-order valence-electron chi connectivity index (χ1n) is 9.22. The van der Waals surface area contributed by atoms with E-state index >= 15 is 0 Å². The number of nitrogens with zero attached hydrogens (tertiary/aromatic N) is 1. The highest BCUT2D eigenvalue weighted by atomic mass is 32.2. The summed E-state index contributed by atoms with van der Waals surface area (Å²) in [4.78, 5) is 29.4. The average Bonchev–Trinajstić information content (AvgIpc) is 2.71. The first kappa shape index (κ1) is 21.7. The van der Waals surface area contributed by atoms with Crippen molar-refractivity contribution in [2.45, 2.75) is 4.90 Å². The summed E-state index contributed by atoms with van der Waals surface area (Å²) in [5, 5.41) is 7.73. The van der Waals surface area contributed by atoms with Crippen LogP contribution in [0.2, 0.25) is 0 Å². The Labute approximate surface area is 184 Å². The molecule has 0 atom stereocenters. The molecule has 2 aromatic carbocycles. The summed E-state index contributed by atoms with van der Waals surface area (Å²) in [6.45, 7) is 0.